The summed E-state index contributed by atoms with van der Waals surface area (Å²) in [6.07, 6.45) is 3.86. The summed E-state index contributed by atoms with van der Waals surface area (Å²) in [7, 11) is 2.07. The van der Waals surface area contributed by atoms with E-state index < -0.39 is 0 Å². The van der Waals surface area contributed by atoms with Gasteiger partial charge in [-0.15, -0.1) is 11.3 Å². The Morgan fingerprint density at radius 3 is 2.61 bits per heavy atom. The van der Waals surface area contributed by atoms with E-state index in [1.807, 2.05) is 30.5 Å². The van der Waals surface area contributed by atoms with Crippen molar-refractivity contribution in [3.8, 4) is 16.9 Å². The van der Waals surface area contributed by atoms with Crippen molar-refractivity contribution in [2.24, 2.45) is 0 Å². The fourth-order valence-corrected chi connectivity index (χ4v) is 5.06. The molecule has 0 amide bonds. The van der Waals surface area contributed by atoms with Gasteiger partial charge in [-0.3, -0.25) is 0 Å². The van der Waals surface area contributed by atoms with E-state index in [2.05, 4.69) is 87.2 Å². The van der Waals surface area contributed by atoms with Gasteiger partial charge in [-0.25, -0.2) is 9.97 Å². The highest BCUT2D eigenvalue weighted by molar-refractivity contribution is 9.10. The zero-order valence-electron chi connectivity index (χ0n) is 18.1. The minimum absolute atomic E-state index is 0.714. The van der Waals surface area contributed by atoms with Crippen LogP contribution in [-0.2, 0) is 0 Å². The molecule has 0 radical (unpaired) electrons. The van der Waals surface area contributed by atoms with Crippen LogP contribution in [0.5, 0.6) is 5.75 Å². The van der Waals surface area contributed by atoms with Gasteiger partial charge in [-0.05, 0) is 68.7 Å². The number of aryl methyl sites for hydroxylation is 2. The smallest absolute Gasteiger partial charge is 0.131 e. The Morgan fingerprint density at radius 2 is 1.84 bits per heavy atom. The number of fused-ring (bicyclic) bond motifs is 1. The summed E-state index contributed by atoms with van der Waals surface area (Å²) < 4.78 is 8.42. The number of unbranched alkanes of at least 4 members (excludes halogenated alkanes) is 1. The van der Waals surface area contributed by atoms with Gasteiger partial charge in [0.15, 0.2) is 0 Å². The van der Waals surface area contributed by atoms with Crippen LogP contribution in [0.15, 0.2) is 59.2 Å². The zero-order valence-corrected chi connectivity index (χ0v) is 20.5. The van der Waals surface area contributed by atoms with Crippen LogP contribution in [0.2, 0.25) is 0 Å². The Bertz CT molecular complexity index is 1170. The summed E-state index contributed by atoms with van der Waals surface area (Å²) in [5, 5.41) is 1.29. The summed E-state index contributed by atoms with van der Waals surface area (Å²) in [5.74, 6) is 2.71. The summed E-state index contributed by atoms with van der Waals surface area (Å²) in [6.45, 7) is 5.77. The number of rotatable bonds is 8. The number of hydrogen-bond acceptors (Lipinski definition) is 5. The molecular weight excluding hydrogens is 470 g/mol. The van der Waals surface area contributed by atoms with Crippen molar-refractivity contribution in [3.63, 3.8) is 0 Å². The third-order valence-corrected chi connectivity index (χ3v) is 6.88. The van der Waals surface area contributed by atoms with Crippen LogP contribution in [0.25, 0.3) is 21.2 Å². The molecule has 160 valence electrons. The van der Waals surface area contributed by atoms with E-state index in [4.69, 9.17) is 4.74 Å². The van der Waals surface area contributed by atoms with Crippen LogP contribution in [-0.4, -0.2) is 30.2 Å². The molecule has 0 aliphatic rings. The molecule has 0 aliphatic heterocycles. The molecule has 0 saturated carbocycles. The number of benzene rings is 2. The van der Waals surface area contributed by atoms with Crippen LogP contribution in [0.4, 0.5) is 5.82 Å². The molecule has 0 spiro atoms. The number of halogens is 1. The van der Waals surface area contributed by atoms with E-state index in [-0.39, 0.29) is 0 Å². The lowest BCUT2D eigenvalue weighted by molar-refractivity contribution is 0.308. The van der Waals surface area contributed by atoms with E-state index in [9.17, 15) is 0 Å². The van der Waals surface area contributed by atoms with Crippen LogP contribution in [0.3, 0.4) is 0 Å². The summed E-state index contributed by atoms with van der Waals surface area (Å²) in [5.41, 5.74) is 2.57. The summed E-state index contributed by atoms with van der Waals surface area (Å²) >= 11 is 5.35. The third-order valence-electron chi connectivity index (χ3n) is 5.28. The monoisotopic (exact) mass is 495 g/mol. The van der Waals surface area contributed by atoms with Crippen molar-refractivity contribution in [2.75, 3.05) is 25.1 Å². The lowest BCUT2D eigenvalue weighted by Crippen LogP contribution is -2.20. The minimum Gasteiger partial charge on any atom is -0.494 e. The number of aromatic nitrogens is 2. The van der Waals surface area contributed by atoms with Gasteiger partial charge in [0.25, 0.3) is 0 Å². The van der Waals surface area contributed by atoms with E-state index in [1.54, 1.807) is 0 Å². The molecule has 31 heavy (non-hydrogen) atoms. The van der Waals surface area contributed by atoms with E-state index >= 15 is 0 Å². The molecule has 2 heterocycles. The molecule has 4 nitrogen and oxygen atoms in total. The molecule has 2 aromatic heterocycles. The predicted molar refractivity (Wildman–Crippen MR) is 134 cm³/mol. The molecule has 6 heteroatoms. The topological polar surface area (TPSA) is 38.2 Å². The van der Waals surface area contributed by atoms with Crippen molar-refractivity contribution >= 4 is 43.2 Å². The van der Waals surface area contributed by atoms with Crippen molar-refractivity contribution < 1.29 is 4.74 Å². The highest BCUT2D eigenvalue weighted by Gasteiger charge is 2.12. The number of nitrogens with zero attached hydrogens (tertiary/aromatic N) is 3. The van der Waals surface area contributed by atoms with Crippen molar-refractivity contribution in [1.82, 2.24) is 9.97 Å². The number of hydrogen-bond donors (Lipinski definition) is 0. The number of ether oxygens (including phenoxy) is 1. The van der Waals surface area contributed by atoms with Crippen LogP contribution in [0.1, 0.15) is 23.5 Å². The maximum absolute atomic E-state index is 6.05. The van der Waals surface area contributed by atoms with Gasteiger partial charge in [0.2, 0.25) is 0 Å². The first-order valence-electron chi connectivity index (χ1n) is 10.4. The second-order valence-corrected chi connectivity index (χ2v) is 9.81. The average molecular weight is 496 g/mol. The Hall–Kier alpha value is -2.44. The van der Waals surface area contributed by atoms with Crippen molar-refractivity contribution in [2.45, 2.75) is 26.7 Å². The fraction of sp³-hybridized carbons (Fsp3) is 0.280. The molecule has 0 saturated heterocycles. The lowest BCUT2D eigenvalue weighted by Gasteiger charge is -2.18. The Balaban J connectivity index is 1.34. The van der Waals surface area contributed by atoms with E-state index in [0.717, 1.165) is 41.3 Å². The van der Waals surface area contributed by atoms with Gasteiger partial charge in [-0.2, -0.15) is 0 Å². The minimum atomic E-state index is 0.714. The first kappa shape index (κ1) is 21.8. The Morgan fingerprint density at radius 1 is 1.03 bits per heavy atom. The molecule has 4 aromatic rings. The van der Waals surface area contributed by atoms with Crippen LogP contribution >= 0.6 is 27.3 Å². The Labute approximate surface area is 196 Å². The van der Waals surface area contributed by atoms with Gasteiger partial charge in [0, 0.05) is 44.8 Å². The molecule has 0 fully saturated rings. The second kappa shape index (κ2) is 9.79. The predicted octanol–water partition coefficient (Wildman–Crippen LogP) is 7.03. The molecular formula is C25H26BrN3OS. The lowest BCUT2D eigenvalue weighted by atomic mass is 10.0. The first-order chi connectivity index (χ1) is 15.0. The third kappa shape index (κ3) is 5.25. The molecule has 0 unspecified atom stereocenters. The van der Waals surface area contributed by atoms with Crippen LogP contribution < -0.4 is 9.64 Å². The maximum Gasteiger partial charge on any atom is 0.131 e. The fourth-order valence-electron chi connectivity index (χ4n) is 3.68. The first-order valence-corrected chi connectivity index (χ1v) is 12.0. The number of anilines is 1. The largest absolute Gasteiger partial charge is 0.494 e. The Kier molecular flexibility index (Phi) is 6.88. The summed E-state index contributed by atoms with van der Waals surface area (Å²) in [6, 6.07) is 16.9. The SMILES string of the molecule is Cc1nccc(N(C)CCCCOc2ccc3c(-c4ccc(Br)cc4)c(C)sc3c2)n1. The maximum atomic E-state index is 6.05. The van der Waals surface area contributed by atoms with E-state index in [1.165, 1.54) is 26.1 Å². The highest BCUT2D eigenvalue weighted by Crippen LogP contribution is 2.40. The molecule has 2 aromatic carbocycles. The quantitative estimate of drug-likeness (QED) is 0.246. The number of thiophene rings is 1. The summed E-state index contributed by atoms with van der Waals surface area (Å²) in [4.78, 5) is 12.1. The van der Waals surface area contributed by atoms with Gasteiger partial charge in [-0.1, -0.05) is 28.1 Å². The van der Waals surface area contributed by atoms with Crippen molar-refractivity contribution in [1.29, 1.82) is 0 Å². The standard InChI is InChI=1S/C25H26BrN3OS/c1-17-25(19-6-8-20(26)9-7-19)22-11-10-21(16-23(22)31-17)30-15-5-4-14-29(3)24-12-13-27-18(2)28-24/h6-13,16H,4-5,14-15H2,1-3H3. The van der Waals surface area contributed by atoms with Gasteiger partial charge in [0.05, 0.1) is 6.61 Å². The normalized spacial score (nSPS) is 11.1. The molecule has 4 rings (SSSR count). The second-order valence-electron chi connectivity index (χ2n) is 7.64. The van der Waals surface area contributed by atoms with Gasteiger partial charge >= 0.3 is 0 Å². The van der Waals surface area contributed by atoms with Gasteiger partial charge in [0.1, 0.15) is 17.4 Å². The highest BCUT2D eigenvalue weighted by atomic mass is 79.9. The molecule has 0 N–H and O–H groups in total. The van der Waals surface area contributed by atoms with Gasteiger partial charge < -0.3 is 9.64 Å². The zero-order chi connectivity index (χ0) is 21.8. The molecule has 0 bridgehead atoms. The van der Waals surface area contributed by atoms with E-state index in [0.29, 0.717) is 6.61 Å². The molecule has 0 atom stereocenters. The van der Waals surface area contributed by atoms with Crippen LogP contribution in [0, 0.1) is 13.8 Å². The average Bonchev–Trinajstić information content (AvgIpc) is 3.09. The molecule has 0 aliphatic carbocycles. The van der Waals surface area contributed by atoms with Crippen molar-refractivity contribution in [3.05, 3.63) is 69.9 Å².